The lowest BCUT2D eigenvalue weighted by Crippen LogP contribution is -2.52. The first kappa shape index (κ1) is 28.5. The highest BCUT2D eigenvalue weighted by Crippen LogP contribution is 2.25. The van der Waals surface area contributed by atoms with E-state index in [1.807, 2.05) is 54.6 Å². The predicted molar refractivity (Wildman–Crippen MR) is 159 cm³/mol. The summed E-state index contributed by atoms with van der Waals surface area (Å²) in [5.41, 5.74) is 3.01. The molecule has 1 saturated carbocycles. The number of thioether (sulfide) groups is 1. The Labute approximate surface area is 240 Å². The Kier molecular flexibility index (Phi) is 11.0. The molecular weight excluding hydrogens is 535 g/mol. The summed E-state index contributed by atoms with van der Waals surface area (Å²) >= 11 is 14.4. The SMILES string of the molecule is O=C(NC1CCCC1)C(Cc1ccccc1)N(Cc1ccc(Cl)cc1Cl)C(=O)CCSCc1ccccc1. The van der Waals surface area contributed by atoms with Crippen molar-refractivity contribution in [3.63, 3.8) is 0 Å². The van der Waals surface area contributed by atoms with Crippen LogP contribution in [0.3, 0.4) is 0 Å². The maximum absolute atomic E-state index is 13.8. The Morgan fingerprint density at radius 2 is 1.58 bits per heavy atom. The topological polar surface area (TPSA) is 49.4 Å². The molecule has 3 aromatic rings. The Morgan fingerprint density at radius 1 is 0.921 bits per heavy atom. The van der Waals surface area contributed by atoms with Crippen LogP contribution in [0.25, 0.3) is 0 Å². The molecule has 0 saturated heterocycles. The van der Waals surface area contributed by atoms with Gasteiger partial charge in [-0.3, -0.25) is 9.59 Å². The van der Waals surface area contributed by atoms with Gasteiger partial charge in [-0.2, -0.15) is 11.8 Å². The van der Waals surface area contributed by atoms with Gasteiger partial charge >= 0.3 is 0 Å². The molecule has 1 unspecified atom stereocenters. The molecule has 38 heavy (non-hydrogen) atoms. The molecule has 1 atom stereocenters. The van der Waals surface area contributed by atoms with Crippen molar-refractivity contribution >= 4 is 46.8 Å². The second-order valence-electron chi connectivity index (χ2n) is 9.74. The van der Waals surface area contributed by atoms with Gasteiger partial charge in [-0.05, 0) is 41.7 Å². The van der Waals surface area contributed by atoms with Crippen LogP contribution in [0.1, 0.15) is 48.8 Å². The molecule has 4 rings (SSSR count). The van der Waals surface area contributed by atoms with Gasteiger partial charge in [-0.1, -0.05) is 103 Å². The highest BCUT2D eigenvalue weighted by molar-refractivity contribution is 7.98. The lowest BCUT2D eigenvalue weighted by molar-refractivity contribution is -0.141. The third-order valence-electron chi connectivity index (χ3n) is 6.90. The van der Waals surface area contributed by atoms with E-state index >= 15 is 0 Å². The number of nitrogens with one attached hydrogen (secondary N) is 1. The second kappa shape index (κ2) is 14.6. The van der Waals surface area contributed by atoms with Gasteiger partial charge in [0.2, 0.25) is 11.8 Å². The normalized spacial score (nSPS) is 14.3. The minimum atomic E-state index is -0.642. The van der Waals surface area contributed by atoms with Crippen molar-refractivity contribution in [1.82, 2.24) is 10.2 Å². The van der Waals surface area contributed by atoms with Gasteiger partial charge in [-0.15, -0.1) is 0 Å². The first-order valence-electron chi connectivity index (χ1n) is 13.2. The third-order valence-corrected chi connectivity index (χ3v) is 8.52. The lowest BCUT2D eigenvalue weighted by atomic mass is 10.0. The Morgan fingerprint density at radius 3 is 2.24 bits per heavy atom. The number of benzene rings is 3. The van der Waals surface area contributed by atoms with Crippen LogP contribution in [0, 0.1) is 0 Å². The molecule has 3 aromatic carbocycles. The maximum Gasteiger partial charge on any atom is 0.243 e. The van der Waals surface area contributed by atoms with Crippen molar-refractivity contribution in [2.24, 2.45) is 0 Å². The highest BCUT2D eigenvalue weighted by atomic mass is 35.5. The summed E-state index contributed by atoms with van der Waals surface area (Å²) in [5, 5.41) is 4.27. The van der Waals surface area contributed by atoms with E-state index < -0.39 is 6.04 Å². The Balaban J connectivity index is 1.55. The molecular formula is C31H34Cl2N2O2S. The number of carbonyl (C=O) groups is 2. The summed E-state index contributed by atoms with van der Waals surface area (Å²) in [6.07, 6.45) is 4.98. The number of nitrogens with zero attached hydrogens (tertiary/aromatic N) is 1. The zero-order valence-corrected chi connectivity index (χ0v) is 23.8. The third kappa shape index (κ3) is 8.52. The van der Waals surface area contributed by atoms with Crippen molar-refractivity contribution in [2.75, 3.05) is 5.75 Å². The first-order valence-corrected chi connectivity index (χ1v) is 15.1. The summed E-state index contributed by atoms with van der Waals surface area (Å²) in [7, 11) is 0. The molecule has 2 amide bonds. The van der Waals surface area contributed by atoms with Crippen LogP contribution in [0.15, 0.2) is 78.9 Å². The number of carbonyl (C=O) groups excluding carboxylic acids is 2. The Hall–Kier alpha value is -2.47. The molecule has 1 aliphatic carbocycles. The second-order valence-corrected chi connectivity index (χ2v) is 11.7. The van der Waals surface area contributed by atoms with Crippen LogP contribution in [0.4, 0.5) is 0 Å². The fourth-order valence-electron chi connectivity index (χ4n) is 4.82. The fourth-order valence-corrected chi connectivity index (χ4v) is 6.18. The molecule has 200 valence electrons. The van der Waals surface area contributed by atoms with Crippen LogP contribution in [-0.2, 0) is 28.3 Å². The number of hydrogen-bond donors (Lipinski definition) is 1. The van der Waals surface area contributed by atoms with Crippen molar-refractivity contribution in [3.05, 3.63) is 106 Å². The van der Waals surface area contributed by atoms with E-state index in [0.29, 0.717) is 28.6 Å². The van der Waals surface area contributed by atoms with Gasteiger partial charge in [-0.25, -0.2) is 0 Å². The summed E-state index contributed by atoms with van der Waals surface area (Å²) in [4.78, 5) is 29.2. The molecule has 4 nitrogen and oxygen atoms in total. The van der Waals surface area contributed by atoms with E-state index in [1.54, 1.807) is 28.8 Å². The van der Waals surface area contributed by atoms with Crippen LogP contribution in [0.5, 0.6) is 0 Å². The van der Waals surface area contributed by atoms with Gasteiger partial charge in [0.1, 0.15) is 6.04 Å². The van der Waals surface area contributed by atoms with E-state index in [9.17, 15) is 9.59 Å². The average Bonchev–Trinajstić information content (AvgIpc) is 3.44. The predicted octanol–water partition coefficient (Wildman–Crippen LogP) is 7.32. The van der Waals surface area contributed by atoms with Crippen LogP contribution < -0.4 is 5.32 Å². The number of amides is 2. The van der Waals surface area contributed by atoms with Crippen molar-refractivity contribution < 1.29 is 9.59 Å². The summed E-state index contributed by atoms with van der Waals surface area (Å²) in [6.45, 7) is 0.244. The first-order chi connectivity index (χ1) is 18.5. The summed E-state index contributed by atoms with van der Waals surface area (Å²) in [6, 6.07) is 24.9. The standard InChI is InChI=1S/C31H34Cl2N2O2S/c32-26-16-15-25(28(33)20-26)21-35(30(36)17-18-38-22-24-11-5-2-6-12-24)29(19-23-9-3-1-4-10-23)31(37)34-27-13-7-8-14-27/h1-6,9-12,15-16,20,27,29H,7-8,13-14,17-19,21-22H2,(H,34,37). The minimum Gasteiger partial charge on any atom is -0.352 e. The fraction of sp³-hybridized carbons (Fsp3) is 0.355. The van der Waals surface area contributed by atoms with Gasteiger partial charge in [0, 0.05) is 47.0 Å². The zero-order valence-electron chi connectivity index (χ0n) is 21.5. The minimum absolute atomic E-state index is 0.0564. The number of halogens is 2. The molecule has 0 aliphatic heterocycles. The molecule has 1 N–H and O–H groups in total. The smallest absolute Gasteiger partial charge is 0.243 e. The van der Waals surface area contributed by atoms with E-state index in [-0.39, 0.29) is 24.4 Å². The molecule has 0 aromatic heterocycles. The van der Waals surface area contributed by atoms with E-state index in [1.165, 1.54) is 5.56 Å². The molecule has 0 heterocycles. The van der Waals surface area contributed by atoms with E-state index in [0.717, 1.165) is 42.6 Å². The van der Waals surface area contributed by atoms with Crippen molar-refractivity contribution in [2.45, 2.75) is 62.9 Å². The molecule has 1 aliphatic rings. The van der Waals surface area contributed by atoms with Crippen molar-refractivity contribution in [3.8, 4) is 0 Å². The van der Waals surface area contributed by atoms with E-state index in [4.69, 9.17) is 23.2 Å². The van der Waals surface area contributed by atoms with Crippen LogP contribution in [-0.4, -0.2) is 34.6 Å². The van der Waals surface area contributed by atoms with Crippen LogP contribution >= 0.6 is 35.0 Å². The van der Waals surface area contributed by atoms with Gasteiger partial charge in [0.25, 0.3) is 0 Å². The van der Waals surface area contributed by atoms with E-state index in [2.05, 4.69) is 17.4 Å². The van der Waals surface area contributed by atoms with Gasteiger partial charge < -0.3 is 10.2 Å². The van der Waals surface area contributed by atoms with Gasteiger partial charge in [0.15, 0.2) is 0 Å². The molecule has 0 bridgehead atoms. The lowest BCUT2D eigenvalue weighted by Gasteiger charge is -2.32. The monoisotopic (exact) mass is 568 g/mol. The summed E-state index contributed by atoms with van der Waals surface area (Å²) in [5.74, 6) is 1.35. The quantitative estimate of drug-likeness (QED) is 0.233. The van der Waals surface area contributed by atoms with Gasteiger partial charge in [0.05, 0.1) is 0 Å². The Bertz CT molecular complexity index is 1190. The number of rotatable bonds is 12. The summed E-state index contributed by atoms with van der Waals surface area (Å²) < 4.78 is 0. The number of hydrogen-bond acceptors (Lipinski definition) is 3. The molecule has 1 fully saturated rings. The maximum atomic E-state index is 13.8. The molecule has 0 spiro atoms. The van der Waals surface area contributed by atoms with Crippen LogP contribution in [0.2, 0.25) is 10.0 Å². The largest absolute Gasteiger partial charge is 0.352 e. The molecule has 7 heteroatoms. The molecule has 0 radical (unpaired) electrons. The highest BCUT2D eigenvalue weighted by Gasteiger charge is 2.32. The zero-order chi connectivity index (χ0) is 26.7. The average molecular weight is 570 g/mol. The van der Waals surface area contributed by atoms with Crippen molar-refractivity contribution in [1.29, 1.82) is 0 Å².